The second-order valence-corrected chi connectivity index (χ2v) is 8.05. The van der Waals surface area contributed by atoms with Gasteiger partial charge in [-0.25, -0.2) is 0 Å². The number of ether oxygens (including phenoxy) is 1. The summed E-state index contributed by atoms with van der Waals surface area (Å²) in [5.41, 5.74) is 2.86. The first kappa shape index (κ1) is 22.4. The molecule has 4 rings (SSSR count). The normalized spacial score (nSPS) is 25.4. The van der Waals surface area contributed by atoms with Crippen LogP contribution in [0.3, 0.4) is 0 Å². The van der Waals surface area contributed by atoms with Crippen LogP contribution in [0.1, 0.15) is 17.4 Å². The number of furan rings is 1. The molecule has 0 spiro atoms. The molecule has 0 bridgehead atoms. The molecule has 3 aromatic rings. The maximum absolute atomic E-state index is 10.7. The summed E-state index contributed by atoms with van der Waals surface area (Å²) in [6.45, 7) is 1.37. The lowest BCUT2D eigenvalue weighted by Crippen LogP contribution is -2.56. The average molecular weight is 455 g/mol. The quantitative estimate of drug-likeness (QED) is 0.442. The third-order valence-electron chi connectivity index (χ3n) is 5.61. The van der Waals surface area contributed by atoms with E-state index >= 15 is 0 Å². The SMILES string of the molecule is Cc1ccc(-c2cc(-c3ccco3)c(C#N)c(=S)n2C2OC(CO)C(O)C(O)C2O)cc1. The lowest BCUT2D eigenvalue weighted by atomic mass is 9.96. The molecule has 0 aliphatic carbocycles. The zero-order valence-corrected chi connectivity index (χ0v) is 17.9. The minimum atomic E-state index is -1.59. The summed E-state index contributed by atoms with van der Waals surface area (Å²) in [6.07, 6.45) is -5.56. The van der Waals surface area contributed by atoms with E-state index in [1.54, 1.807) is 18.2 Å². The van der Waals surface area contributed by atoms with Crippen LogP contribution in [0.5, 0.6) is 0 Å². The molecule has 5 unspecified atom stereocenters. The summed E-state index contributed by atoms with van der Waals surface area (Å²) in [5.74, 6) is 0.446. The van der Waals surface area contributed by atoms with E-state index in [4.69, 9.17) is 21.4 Å². The topological polar surface area (TPSA) is 132 Å². The number of aliphatic hydroxyl groups excluding tert-OH is 4. The molecule has 3 heterocycles. The van der Waals surface area contributed by atoms with Crippen LogP contribution in [-0.4, -0.2) is 56.0 Å². The number of aryl methyl sites for hydroxylation is 1. The second kappa shape index (κ2) is 8.96. The summed E-state index contributed by atoms with van der Waals surface area (Å²) in [5, 5.41) is 50.7. The Kier molecular flexibility index (Phi) is 6.26. The van der Waals surface area contributed by atoms with Gasteiger partial charge in [-0.2, -0.15) is 5.26 Å². The minimum absolute atomic E-state index is 0.0568. The Morgan fingerprint density at radius 3 is 2.41 bits per heavy atom. The van der Waals surface area contributed by atoms with Gasteiger partial charge in [0.1, 0.15) is 40.9 Å². The summed E-state index contributed by atoms with van der Waals surface area (Å²) < 4.78 is 12.8. The first-order valence-electron chi connectivity index (χ1n) is 9.98. The summed E-state index contributed by atoms with van der Waals surface area (Å²) in [4.78, 5) is 0. The molecule has 1 saturated heterocycles. The van der Waals surface area contributed by atoms with Crippen LogP contribution in [-0.2, 0) is 4.74 Å². The number of benzene rings is 1. The molecule has 0 radical (unpaired) electrons. The number of pyridine rings is 1. The van der Waals surface area contributed by atoms with Crippen molar-refractivity contribution >= 4 is 12.2 Å². The first-order valence-corrected chi connectivity index (χ1v) is 10.4. The van der Waals surface area contributed by atoms with Gasteiger partial charge in [0.05, 0.1) is 24.1 Å². The molecule has 0 saturated carbocycles. The number of nitriles is 1. The van der Waals surface area contributed by atoms with Gasteiger partial charge in [-0.3, -0.25) is 0 Å². The predicted octanol–water partition coefficient (Wildman–Crippen LogP) is 2.30. The Bertz CT molecular complexity index is 1200. The summed E-state index contributed by atoms with van der Waals surface area (Å²) in [7, 11) is 0. The fourth-order valence-electron chi connectivity index (χ4n) is 3.85. The monoisotopic (exact) mass is 454 g/mol. The van der Waals surface area contributed by atoms with Crippen molar-refractivity contribution in [3.05, 3.63) is 64.5 Å². The molecule has 32 heavy (non-hydrogen) atoms. The number of hydrogen-bond acceptors (Lipinski definition) is 8. The van der Waals surface area contributed by atoms with Crippen molar-refractivity contribution in [1.82, 2.24) is 4.57 Å². The molecule has 4 N–H and O–H groups in total. The van der Waals surface area contributed by atoms with Crippen molar-refractivity contribution in [3.8, 4) is 28.7 Å². The standard InChI is InChI=1S/C23H22N2O6S/c1-12-4-6-13(7-5-12)16-9-14(17-3-2-8-30-17)15(10-24)23(32)25(16)22-21(29)20(28)19(27)18(11-26)31-22/h2-9,18-22,26-29H,11H2,1H3. The van der Waals surface area contributed by atoms with Crippen molar-refractivity contribution in [3.63, 3.8) is 0 Å². The number of rotatable bonds is 4. The number of aliphatic hydroxyl groups is 4. The highest BCUT2D eigenvalue weighted by Gasteiger charge is 2.45. The van der Waals surface area contributed by atoms with E-state index in [1.807, 2.05) is 31.2 Å². The van der Waals surface area contributed by atoms with E-state index in [-0.39, 0.29) is 10.2 Å². The van der Waals surface area contributed by atoms with Gasteiger partial charge in [0.15, 0.2) is 6.23 Å². The number of nitrogens with zero attached hydrogens (tertiary/aromatic N) is 2. The van der Waals surface area contributed by atoms with Crippen LogP contribution in [0, 0.1) is 22.9 Å². The van der Waals surface area contributed by atoms with Gasteiger partial charge in [0, 0.05) is 5.56 Å². The maximum Gasteiger partial charge on any atom is 0.164 e. The van der Waals surface area contributed by atoms with Crippen LogP contribution in [0.15, 0.2) is 53.1 Å². The van der Waals surface area contributed by atoms with Crippen LogP contribution >= 0.6 is 12.2 Å². The molecule has 1 aliphatic heterocycles. The Labute approximate surface area is 189 Å². The average Bonchev–Trinajstić information content (AvgIpc) is 3.33. The van der Waals surface area contributed by atoms with E-state index in [1.165, 1.54) is 10.8 Å². The molecule has 8 nitrogen and oxygen atoms in total. The fraction of sp³-hybridized carbons (Fsp3) is 0.304. The van der Waals surface area contributed by atoms with Gasteiger partial charge in [-0.15, -0.1) is 0 Å². The molecular formula is C23H22N2O6S. The highest BCUT2D eigenvalue weighted by molar-refractivity contribution is 7.71. The maximum atomic E-state index is 10.7. The molecule has 1 aromatic carbocycles. The van der Waals surface area contributed by atoms with Crippen molar-refractivity contribution in [2.24, 2.45) is 0 Å². The fourth-order valence-corrected chi connectivity index (χ4v) is 4.21. The second-order valence-electron chi connectivity index (χ2n) is 7.67. The highest BCUT2D eigenvalue weighted by Crippen LogP contribution is 2.37. The molecule has 1 aliphatic rings. The number of aromatic nitrogens is 1. The third kappa shape index (κ3) is 3.78. The van der Waals surface area contributed by atoms with Crippen molar-refractivity contribution < 1.29 is 29.6 Å². The summed E-state index contributed by atoms with van der Waals surface area (Å²) >= 11 is 5.64. The van der Waals surface area contributed by atoms with Crippen molar-refractivity contribution in [2.45, 2.75) is 37.6 Å². The van der Waals surface area contributed by atoms with E-state index in [0.29, 0.717) is 17.0 Å². The van der Waals surface area contributed by atoms with Gasteiger partial charge in [0.25, 0.3) is 0 Å². The van der Waals surface area contributed by atoms with Crippen LogP contribution < -0.4 is 0 Å². The zero-order chi connectivity index (χ0) is 23.0. The van der Waals surface area contributed by atoms with E-state index in [9.17, 15) is 25.7 Å². The predicted molar refractivity (Wildman–Crippen MR) is 117 cm³/mol. The number of hydrogen-bond donors (Lipinski definition) is 4. The largest absolute Gasteiger partial charge is 0.464 e. The van der Waals surface area contributed by atoms with E-state index in [2.05, 4.69) is 6.07 Å². The Morgan fingerprint density at radius 1 is 1.09 bits per heavy atom. The molecule has 1 fully saturated rings. The first-order chi connectivity index (χ1) is 15.4. The van der Waals surface area contributed by atoms with Gasteiger partial charge in [-0.1, -0.05) is 42.0 Å². The van der Waals surface area contributed by atoms with Crippen LogP contribution in [0.25, 0.3) is 22.6 Å². The minimum Gasteiger partial charge on any atom is -0.464 e. The third-order valence-corrected chi connectivity index (χ3v) is 6.01. The van der Waals surface area contributed by atoms with Gasteiger partial charge >= 0.3 is 0 Å². The molecule has 0 amide bonds. The Morgan fingerprint density at radius 2 is 1.81 bits per heavy atom. The lowest BCUT2D eigenvalue weighted by molar-refractivity contribution is -0.251. The molecule has 2 aromatic heterocycles. The molecular weight excluding hydrogens is 432 g/mol. The Balaban J connectivity index is 2.00. The zero-order valence-electron chi connectivity index (χ0n) is 17.1. The van der Waals surface area contributed by atoms with Crippen LogP contribution in [0.4, 0.5) is 0 Å². The van der Waals surface area contributed by atoms with E-state index in [0.717, 1.165) is 11.1 Å². The van der Waals surface area contributed by atoms with Crippen LogP contribution in [0.2, 0.25) is 0 Å². The lowest BCUT2D eigenvalue weighted by Gasteiger charge is -2.41. The smallest absolute Gasteiger partial charge is 0.164 e. The molecule has 9 heteroatoms. The highest BCUT2D eigenvalue weighted by atomic mass is 32.1. The molecule has 166 valence electrons. The molecule has 5 atom stereocenters. The van der Waals surface area contributed by atoms with Crippen molar-refractivity contribution in [2.75, 3.05) is 6.61 Å². The van der Waals surface area contributed by atoms with Gasteiger partial charge in [0.2, 0.25) is 0 Å². The Hall–Kier alpha value is -2.84. The van der Waals surface area contributed by atoms with Gasteiger partial charge < -0.3 is 34.1 Å². The van der Waals surface area contributed by atoms with Crippen molar-refractivity contribution in [1.29, 1.82) is 5.26 Å². The summed E-state index contributed by atoms with van der Waals surface area (Å²) in [6, 6.07) is 14.7. The van der Waals surface area contributed by atoms with E-state index < -0.39 is 37.3 Å². The van der Waals surface area contributed by atoms with Gasteiger partial charge in [-0.05, 0) is 30.7 Å².